The fraction of sp³-hybridized carbons (Fsp3) is 0.200. The van der Waals surface area contributed by atoms with Crippen LogP contribution in [0.3, 0.4) is 0 Å². The second kappa shape index (κ2) is 11.1. The Balaban J connectivity index is 1.60. The van der Waals surface area contributed by atoms with E-state index in [0.717, 1.165) is 22.5 Å². The molecule has 2 amide bonds. The van der Waals surface area contributed by atoms with E-state index in [1.807, 2.05) is 62.4 Å². The second-order valence-corrected chi connectivity index (χ2v) is 6.07. The van der Waals surface area contributed by atoms with Gasteiger partial charge >= 0.3 is 0 Å². The van der Waals surface area contributed by atoms with Gasteiger partial charge in [0.2, 0.25) is 0 Å². The number of rotatable bonds is 9. The summed E-state index contributed by atoms with van der Waals surface area (Å²) in [6, 6.07) is 15.4. The number of aryl methyl sites for hydroxylation is 2. The van der Waals surface area contributed by atoms with E-state index in [-0.39, 0.29) is 24.9 Å². The Morgan fingerprint density at radius 3 is 1.61 bits per heavy atom. The largest absolute Gasteiger partial charge is 0.376 e. The van der Waals surface area contributed by atoms with Gasteiger partial charge in [0, 0.05) is 11.4 Å². The van der Waals surface area contributed by atoms with E-state index in [4.69, 9.17) is 0 Å². The standard InChI is InChI=1S/C20H24N6O2/c1-15-5-3-7-17(11-15)21-13-19(27)25-23-9-10-24-26-20(28)14-22-18-8-4-6-16(2)12-18/h3-12,21-22H,13-14H2,1-2H3,(H,25,27)(H,26,28)/b23-9+,24-10+. The third kappa shape index (κ3) is 8.13. The lowest BCUT2D eigenvalue weighted by Gasteiger charge is -2.05. The van der Waals surface area contributed by atoms with Gasteiger partial charge in [0.15, 0.2) is 0 Å². The number of hydrogen-bond donors (Lipinski definition) is 4. The molecule has 0 aromatic heterocycles. The van der Waals surface area contributed by atoms with Crippen molar-refractivity contribution in [3.63, 3.8) is 0 Å². The number of hydrogen-bond acceptors (Lipinski definition) is 6. The Kier molecular flexibility index (Phi) is 8.19. The smallest absolute Gasteiger partial charge is 0.259 e. The van der Waals surface area contributed by atoms with Crippen molar-refractivity contribution in [3.8, 4) is 0 Å². The molecule has 4 N–H and O–H groups in total. The van der Waals surface area contributed by atoms with Crippen molar-refractivity contribution < 1.29 is 9.59 Å². The second-order valence-electron chi connectivity index (χ2n) is 6.07. The summed E-state index contributed by atoms with van der Waals surface area (Å²) in [6.07, 6.45) is 2.55. The van der Waals surface area contributed by atoms with Gasteiger partial charge in [-0.1, -0.05) is 24.3 Å². The molecule has 2 aromatic carbocycles. The fourth-order valence-corrected chi connectivity index (χ4v) is 2.24. The summed E-state index contributed by atoms with van der Waals surface area (Å²) < 4.78 is 0. The highest BCUT2D eigenvalue weighted by atomic mass is 16.2. The maximum absolute atomic E-state index is 11.7. The van der Waals surface area contributed by atoms with Gasteiger partial charge in [-0.3, -0.25) is 9.59 Å². The molecule has 0 unspecified atom stereocenters. The summed E-state index contributed by atoms with van der Waals surface area (Å²) in [4.78, 5) is 23.4. The number of anilines is 2. The average Bonchev–Trinajstić information content (AvgIpc) is 2.67. The third-order valence-electron chi connectivity index (χ3n) is 3.54. The molecule has 0 aliphatic heterocycles. The van der Waals surface area contributed by atoms with E-state index in [2.05, 4.69) is 31.7 Å². The number of nitrogens with one attached hydrogen (secondary N) is 4. The summed E-state index contributed by atoms with van der Waals surface area (Å²) in [5, 5.41) is 13.4. The number of carbonyl (C=O) groups is 2. The molecular weight excluding hydrogens is 356 g/mol. The topological polar surface area (TPSA) is 107 Å². The number of benzene rings is 2. The van der Waals surface area contributed by atoms with E-state index < -0.39 is 0 Å². The minimum Gasteiger partial charge on any atom is -0.376 e. The molecule has 0 heterocycles. The van der Waals surface area contributed by atoms with Gasteiger partial charge in [-0.15, -0.1) is 0 Å². The first kappa shape index (κ1) is 20.6. The van der Waals surface area contributed by atoms with Crippen molar-refractivity contribution in [3.05, 3.63) is 59.7 Å². The number of hydrazone groups is 2. The van der Waals surface area contributed by atoms with Crippen LogP contribution >= 0.6 is 0 Å². The molecule has 0 radical (unpaired) electrons. The maximum atomic E-state index is 11.7. The molecule has 0 saturated carbocycles. The van der Waals surface area contributed by atoms with Gasteiger partial charge in [0.1, 0.15) is 0 Å². The number of amides is 2. The Hall–Kier alpha value is -3.68. The van der Waals surface area contributed by atoms with Crippen LogP contribution in [0.2, 0.25) is 0 Å². The molecule has 2 rings (SSSR count). The first-order valence-electron chi connectivity index (χ1n) is 8.76. The van der Waals surface area contributed by atoms with Crippen molar-refractivity contribution in [1.29, 1.82) is 0 Å². The van der Waals surface area contributed by atoms with E-state index in [1.54, 1.807) is 0 Å². The van der Waals surface area contributed by atoms with Gasteiger partial charge < -0.3 is 10.6 Å². The summed E-state index contributed by atoms with van der Waals surface area (Å²) in [6.45, 7) is 4.15. The molecule has 0 saturated heterocycles. The lowest BCUT2D eigenvalue weighted by molar-refractivity contribution is -0.120. The van der Waals surface area contributed by atoms with Crippen LogP contribution in [-0.4, -0.2) is 37.3 Å². The SMILES string of the molecule is Cc1cccc(NCC(=O)N/N=C/C=N/NC(=O)CNc2cccc(C)c2)c1. The van der Waals surface area contributed by atoms with Gasteiger partial charge in [-0.25, -0.2) is 10.9 Å². The van der Waals surface area contributed by atoms with E-state index >= 15 is 0 Å². The average molecular weight is 380 g/mol. The van der Waals surface area contributed by atoms with Crippen molar-refractivity contribution in [2.45, 2.75) is 13.8 Å². The van der Waals surface area contributed by atoms with Gasteiger partial charge in [0.05, 0.1) is 25.5 Å². The Labute approximate surface area is 164 Å². The molecule has 0 fully saturated rings. The predicted octanol–water partition coefficient (Wildman–Crippen LogP) is 2.03. The van der Waals surface area contributed by atoms with Crippen molar-refractivity contribution in [1.82, 2.24) is 10.9 Å². The zero-order chi connectivity index (χ0) is 20.2. The van der Waals surface area contributed by atoms with Crippen LogP contribution in [0.1, 0.15) is 11.1 Å². The molecule has 8 heteroatoms. The number of carbonyl (C=O) groups excluding carboxylic acids is 2. The lowest BCUT2D eigenvalue weighted by atomic mass is 10.2. The predicted molar refractivity (Wildman–Crippen MR) is 113 cm³/mol. The van der Waals surface area contributed by atoms with Crippen LogP contribution in [0, 0.1) is 13.8 Å². The Morgan fingerprint density at radius 2 is 1.21 bits per heavy atom. The normalized spacial score (nSPS) is 10.8. The molecule has 0 bridgehead atoms. The zero-order valence-electron chi connectivity index (χ0n) is 15.9. The zero-order valence-corrected chi connectivity index (χ0v) is 15.9. The van der Waals surface area contributed by atoms with Crippen LogP contribution in [0.25, 0.3) is 0 Å². The van der Waals surface area contributed by atoms with Gasteiger partial charge in [-0.05, 0) is 49.2 Å². The minimum absolute atomic E-state index is 0.0965. The first-order chi connectivity index (χ1) is 13.5. The monoisotopic (exact) mass is 380 g/mol. The molecule has 0 atom stereocenters. The van der Waals surface area contributed by atoms with Crippen LogP contribution in [0.5, 0.6) is 0 Å². The Bertz CT molecular complexity index is 792. The fourth-order valence-electron chi connectivity index (χ4n) is 2.24. The molecule has 0 spiro atoms. The van der Waals surface area contributed by atoms with E-state index in [9.17, 15) is 9.59 Å². The van der Waals surface area contributed by atoms with E-state index in [1.165, 1.54) is 12.4 Å². The molecule has 0 aliphatic carbocycles. The molecule has 146 valence electrons. The molecule has 2 aromatic rings. The van der Waals surface area contributed by atoms with Gasteiger partial charge in [0.25, 0.3) is 11.8 Å². The first-order valence-corrected chi connectivity index (χ1v) is 8.76. The lowest BCUT2D eigenvalue weighted by Crippen LogP contribution is -2.26. The van der Waals surface area contributed by atoms with Gasteiger partial charge in [-0.2, -0.15) is 10.2 Å². The summed E-state index contributed by atoms with van der Waals surface area (Å²) in [5.74, 6) is -0.588. The van der Waals surface area contributed by atoms with Crippen LogP contribution in [0.15, 0.2) is 58.7 Å². The number of nitrogens with zero attached hydrogens (tertiary/aromatic N) is 2. The maximum Gasteiger partial charge on any atom is 0.259 e. The molecule has 0 aliphatic rings. The van der Waals surface area contributed by atoms with Crippen molar-refractivity contribution >= 4 is 35.6 Å². The highest BCUT2D eigenvalue weighted by Crippen LogP contribution is 2.09. The molecular formula is C20H24N6O2. The highest BCUT2D eigenvalue weighted by Gasteiger charge is 2.00. The molecule has 8 nitrogen and oxygen atoms in total. The summed E-state index contributed by atoms with van der Waals surface area (Å²) in [5.41, 5.74) is 8.66. The van der Waals surface area contributed by atoms with Crippen LogP contribution in [0.4, 0.5) is 11.4 Å². The molecule has 28 heavy (non-hydrogen) atoms. The Morgan fingerprint density at radius 1 is 0.786 bits per heavy atom. The van der Waals surface area contributed by atoms with Crippen molar-refractivity contribution in [2.24, 2.45) is 10.2 Å². The van der Waals surface area contributed by atoms with Crippen LogP contribution < -0.4 is 21.5 Å². The summed E-state index contributed by atoms with van der Waals surface area (Å²) in [7, 11) is 0. The van der Waals surface area contributed by atoms with Crippen molar-refractivity contribution in [2.75, 3.05) is 23.7 Å². The summed E-state index contributed by atoms with van der Waals surface area (Å²) >= 11 is 0. The highest BCUT2D eigenvalue weighted by molar-refractivity contribution is 6.16. The third-order valence-corrected chi connectivity index (χ3v) is 3.54. The minimum atomic E-state index is -0.294. The quantitative estimate of drug-likeness (QED) is 0.394. The van der Waals surface area contributed by atoms with E-state index in [0.29, 0.717) is 0 Å². The van der Waals surface area contributed by atoms with Crippen LogP contribution in [-0.2, 0) is 9.59 Å².